The van der Waals surface area contributed by atoms with Gasteiger partial charge in [0.2, 0.25) is 5.95 Å². The number of aryl methyl sites for hydroxylation is 1. The molecule has 0 saturated carbocycles. The summed E-state index contributed by atoms with van der Waals surface area (Å²) in [6.45, 7) is 2.71. The summed E-state index contributed by atoms with van der Waals surface area (Å²) >= 11 is 6.35. The molecule has 2 aromatic heterocycles. The molecule has 0 radical (unpaired) electrons. The van der Waals surface area contributed by atoms with Crippen LogP contribution in [0.3, 0.4) is 0 Å². The Kier molecular flexibility index (Phi) is 8.78. The van der Waals surface area contributed by atoms with E-state index in [1.54, 1.807) is 30.3 Å². The van der Waals surface area contributed by atoms with Crippen LogP contribution < -0.4 is 10.6 Å². The number of nitrogens with zero attached hydrogens (tertiary/aromatic N) is 4. The van der Waals surface area contributed by atoms with Crippen molar-refractivity contribution in [2.24, 2.45) is 0 Å². The third-order valence-corrected chi connectivity index (χ3v) is 5.17. The Balaban J connectivity index is 1.85. The topological polar surface area (TPSA) is 97.1 Å². The van der Waals surface area contributed by atoms with Crippen LogP contribution in [0.1, 0.15) is 36.9 Å². The summed E-state index contributed by atoms with van der Waals surface area (Å²) in [5.74, 6) is 0.364. The maximum atomic E-state index is 14.9. The average Bonchev–Trinajstić information content (AvgIpc) is 3.21. The van der Waals surface area contributed by atoms with Crippen LogP contribution in [0.25, 0.3) is 0 Å². The van der Waals surface area contributed by atoms with Crippen LogP contribution in [0.2, 0.25) is 5.02 Å². The van der Waals surface area contributed by atoms with Crippen LogP contribution in [0.5, 0.6) is 0 Å². The highest BCUT2D eigenvalue weighted by Crippen LogP contribution is 2.30. The Morgan fingerprint density at radius 2 is 2.16 bits per heavy atom. The second-order valence-corrected chi connectivity index (χ2v) is 7.71. The molecule has 0 saturated heterocycles. The first-order valence-corrected chi connectivity index (χ1v) is 10.9. The van der Waals surface area contributed by atoms with E-state index in [4.69, 9.17) is 21.4 Å². The third-order valence-electron chi connectivity index (χ3n) is 4.90. The van der Waals surface area contributed by atoms with Gasteiger partial charge >= 0.3 is 0 Å². The molecule has 3 aromatic rings. The van der Waals surface area contributed by atoms with Gasteiger partial charge in [0.1, 0.15) is 10.8 Å². The molecule has 0 spiro atoms. The van der Waals surface area contributed by atoms with Gasteiger partial charge in [0, 0.05) is 18.9 Å². The van der Waals surface area contributed by atoms with Crippen LogP contribution in [0.15, 0.2) is 36.8 Å². The fourth-order valence-corrected chi connectivity index (χ4v) is 3.54. The second kappa shape index (κ2) is 11.8. The standard InChI is InChI=1S/C22H28ClFN6O2/c1-3-4-6-15-7-5-8-18(24)20(15)19(14-32-2)28-21-17(23)12-25-22(29-21)27-16-11-26-30(13-16)9-10-31/h5,7-8,11-13,19,31H,3-4,6,9-10,14H2,1-2H3,(H2,25,27,28,29). The molecule has 0 fully saturated rings. The quantitative estimate of drug-likeness (QED) is 0.368. The van der Waals surface area contributed by atoms with Crippen LogP contribution in [-0.4, -0.2) is 45.2 Å². The number of aromatic nitrogens is 4. The third kappa shape index (κ3) is 6.15. The molecule has 172 valence electrons. The molecule has 0 aliphatic heterocycles. The summed E-state index contributed by atoms with van der Waals surface area (Å²) in [6.07, 6.45) is 7.55. The van der Waals surface area contributed by atoms with E-state index in [0.717, 1.165) is 24.8 Å². The first-order valence-electron chi connectivity index (χ1n) is 10.5. The first kappa shape index (κ1) is 23.9. The zero-order chi connectivity index (χ0) is 22.9. The van der Waals surface area contributed by atoms with Crippen LogP contribution in [0, 0.1) is 5.82 Å². The van der Waals surface area contributed by atoms with Gasteiger partial charge in [-0.2, -0.15) is 10.1 Å². The fourth-order valence-electron chi connectivity index (χ4n) is 3.40. The van der Waals surface area contributed by atoms with E-state index in [1.807, 2.05) is 6.07 Å². The smallest absolute Gasteiger partial charge is 0.229 e. The fraction of sp³-hybridized carbons (Fsp3) is 0.409. The number of aliphatic hydroxyl groups excluding tert-OH is 1. The maximum Gasteiger partial charge on any atom is 0.229 e. The van der Waals surface area contributed by atoms with Crippen molar-refractivity contribution >= 4 is 29.1 Å². The number of aliphatic hydroxyl groups is 1. The average molecular weight is 463 g/mol. The number of hydrogen-bond acceptors (Lipinski definition) is 7. The van der Waals surface area contributed by atoms with Crippen LogP contribution in [-0.2, 0) is 17.7 Å². The number of anilines is 3. The summed E-state index contributed by atoms with van der Waals surface area (Å²) in [6, 6.07) is 4.63. The van der Waals surface area contributed by atoms with Crippen molar-refractivity contribution in [2.45, 2.75) is 38.8 Å². The van der Waals surface area contributed by atoms with E-state index in [2.05, 4.69) is 32.6 Å². The lowest BCUT2D eigenvalue weighted by Gasteiger charge is -2.23. The lowest BCUT2D eigenvalue weighted by molar-refractivity contribution is 0.185. The maximum absolute atomic E-state index is 14.9. The van der Waals surface area contributed by atoms with Crippen molar-refractivity contribution in [3.05, 3.63) is 58.8 Å². The van der Waals surface area contributed by atoms with Crippen molar-refractivity contribution in [3.63, 3.8) is 0 Å². The van der Waals surface area contributed by atoms with Gasteiger partial charge in [0.25, 0.3) is 0 Å². The summed E-state index contributed by atoms with van der Waals surface area (Å²) in [5.41, 5.74) is 2.15. The molecule has 10 heteroatoms. The van der Waals surface area contributed by atoms with Gasteiger partial charge in [0.05, 0.1) is 43.9 Å². The molecule has 1 atom stereocenters. The summed E-state index contributed by atoms with van der Waals surface area (Å²) < 4.78 is 21.9. The Morgan fingerprint density at radius 1 is 1.31 bits per heavy atom. The number of rotatable bonds is 12. The minimum Gasteiger partial charge on any atom is -0.394 e. The second-order valence-electron chi connectivity index (χ2n) is 7.30. The zero-order valence-corrected chi connectivity index (χ0v) is 18.9. The lowest BCUT2D eigenvalue weighted by Crippen LogP contribution is -2.21. The Hall–Kier alpha value is -2.75. The largest absolute Gasteiger partial charge is 0.394 e. The van der Waals surface area contributed by atoms with Crippen LogP contribution in [0.4, 0.5) is 21.8 Å². The van der Waals surface area contributed by atoms with Gasteiger partial charge in [-0.25, -0.2) is 9.37 Å². The number of halogens is 2. The molecule has 0 aliphatic carbocycles. The van der Waals surface area contributed by atoms with Gasteiger partial charge in [-0.05, 0) is 24.5 Å². The minimum atomic E-state index is -0.486. The van der Waals surface area contributed by atoms with Crippen molar-refractivity contribution in [2.75, 3.05) is 31.0 Å². The SMILES string of the molecule is CCCCc1cccc(F)c1C(COC)Nc1nc(Nc2cnn(CCO)c2)ncc1Cl. The van der Waals surface area contributed by atoms with Gasteiger partial charge in [-0.3, -0.25) is 4.68 Å². The Morgan fingerprint density at radius 3 is 2.91 bits per heavy atom. The highest BCUT2D eigenvalue weighted by Gasteiger charge is 2.21. The molecule has 3 N–H and O–H groups in total. The monoisotopic (exact) mass is 462 g/mol. The molecular formula is C22H28ClFN6O2. The summed E-state index contributed by atoms with van der Waals surface area (Å²) in [4.78, 5) is 8.67. The highest BCUT2D eigenvalue weighted by molar-refractivity contribution is 6.32. The van der Waals surface area contributed by atoms with Gasteiger partial charge in [-0.1, -0.05) is 37.1 Å². The van der Waals surface area contributed by atoms with E-state index in [0.29, 0.717) is 34.6 Å². The highest BCUT2D eigenvalue weighted by atomic mass is 35.5. The number of benzene rings is 1. The van der Waals surface area contributed by atoms with E-state index in [9.17, 15) is 4.39 Å². The van der Waals surface area contributed by atoms with Gasteiger partial charge in [-0.15, -0.1) is 0 Å². The molecule has 1 aromatic carbocycles. The van der Waals surface area contributed by atoms with Crippen molar-refractivity contribution in [3.8, 4) is 0 Å². The van der Waals surface area contributed by atoms with Crippen molar-refractivity contribution in [1.29, 1.82) is 0 Å². The van der Waals surface area contributed by atoms with Crippen molar-refractivity contribution < 1.29 is 14.2 Å². The number of nitrogens with one attached hydrogen (secondary N) is 2. The summed E-state index contributed by atoms with van der Waals surface area (Å²) in [5, 5.41) is 19.8. The Labute approximate surface area is 191 Å². The Bertz CT molecular complexity index is 1020. The number of ether oxygens (including phenoxy) is 1. The molecule has 0 bridgehead atoms. The lowest BCUT2D eigenvalue weighted by atomic mass is 9.96. The molecule has 0 amide bonds. The van der Waals surface area contributed by atoms with Gasteiger partial charge in [0.15, 0.2) is 5.82 Å². The van der Waals surface area contributed by atoms with Crippen LogP contribution >= 0.6 is 11.6 Å². The molecule has 0 aliphatic rings. The molecule has 8 nitrogen and oxygen atoms in total. The summed E-state index contributed by atoms with van der Waals surface area (Å²) in [7, 11) is 1.57. The van der Waals surface area contributed by atoms with E-state index >= 15 is 0 Å². The van der Waals surface area contributed by atoms with E-state index in [-0.39, 0.29) is 19.0 Å². The number of hydrogen-bond donors (Lipinski definition) is 3. The number of unbranched alkanes of at least 4 members (excludes halogenated alkanes) is 1. The molecular weight excluding hydrogens is 435 g/mol. The van der Waals surface area contributed by atoms with Gasteiger partial charge < -0.3 is 20.5 Å². The predicted molar refractivity (Wildman–Crippen MR) is 123 cm³/mol. The molecule has 2 heterocycles. The molecule has 3 rings (SSSR count). The van der Waals surface area contributed by atoms with E-state index in [1.165, 1.54) is 12.3 Å². The minimum absolute atomic E-state index is 0.0101. The predicted octanol–water partition coefficient (Wildman–Crippen LogP) is 4.34. The normalized spacial score (nSPS) is 12.0. The zero-order valence-electron chi connectivity index (χ0n) is 18.2. The molecule has 1 unspecified atom stereocenters. The van der Waals surface area contributed by atoms with E-state index < -0.39 is 6.04 Å². The number of methoxy groups -OCH3 is 1. The van der Waals surface area contributed by atoms with Crippen molar-refractivity contribution in [1.82, 2.24) is 19.7 Å². The molecule has 32 heavy (non-hydrogen) atoms. The first-order chi connectivity index (χ1) is 15.5.